The molecule has 0 saturated heterocycles. The van der Waals surface area contributed by atoms with Crippen LogP contribution in [0.2, 0.25) is 0 Å². The molecule has 1 aromatic heterocycles. The van der Waals surface area contributed by atoms with Crippen molar-refractivity contribution >= 4 is 17.3 Å². The maximum atomic E-state index is 12.0. The highest BCUT2D eigenvalue weighted by atomic mass is 16.6. The van der Waals surface area contributed by atoms with Gasteiger partial charge in [-0.05, 0) is 29.8 Å². The summed E-state index contributed by atoms with van der Waals surface area (Å²) < 4.78 is 0. The first kappa shape index (κ1) is 13.5. The minimum Gasteiger partial charge on any atom is -0.393 e. The highest BCUT2D eigenvalue weighted by Crippen LogP contribution is 2.25. The van der Waals surface area contributed by atoms with E-state index in [1.54, 1.807) is 24.5 Å². The van der Waals surface area contributed by atoms with E-state index in [1.807, 2.05) is 0 Å². The smallest absolute Gasteiger partial charge is 0.304 e. The molecule has 1 heterocycles. The maximum Gasteiger partial charge on any atom is 0.304 e. The van der Waals surface area contributed by atoms with Gasteiger partial charge in [0.1, 0.15) is 11.3 Å². The molecule has 2 aromatic rings. The van der Waals surface area contributed by atoms with Gasteiger partial charge in [-0.3, -0.25) is 19.9 Å². The fourth-order valence-electron chi connectivity index (χ4n) is 1.73. The van der Waals surface area contributed by atoms with Gasteiger partial charge in [-0.1, -0.05) is 6.07 Å². The predicted molar refractivity (Wildman–Crippen MR) is 72.9 cm³/mol. The summed E-state index contributed by atoms with van der Waals surface area (Å²) in [5.74, 6) is -0.541. The molecular formula is C13H12N4O3. The molecule has 0 aliphatic carbocycles. The largest absolute Gasteiger partial charge is 0.393 e. The highest BCUT2D eigenvalue weighted by Gasteiger charge is 2.22. The number of pyridine rings is 1. The van der Waals surface area contributed by atoms with Crippen LogP contribution in [0.3, 0.4) is 0 Å². The van der Waals surface area contributed by atoms with Crippen molar-refractivity contribution in [2.75, 3.05) is 5.73 Å². The van der Waals surface area contributed by atoms with Gasteiger partial charge >= 0.3 is 5.69 Å². The Kier molecular flexibility index (Phi) is 3.90. The molecule has 0 aliphatic heterocycles. The number of nitro groups is 1. The van der Waals surface area contributed by atoms with Crippen molar-refractivity contribution in [1.82, 2.24) is 10.3 Å². The zero-order valence-corrected chi connectivity index (χ0v) is 10.4. The van der Waals surface area contributed by atoms with Crippen LogP contribution < -0.4 is 11.1 Å². The van der Waals surface area contributed by atoms with Crippen molar-refractivity contribution in [3.63, 3.8) is 0 Å². The molecule has 1 amide bonds. The monoisotopic (exact) mass is 272 g/mol. The number of para-hydroxylation sites is 1. The summed E-state index contributed by atoms with van der Waals surface area (Å²) in [6.45, 7) is 0.257. The lowest BCUT2D eigenvalue weighted by molar-refractivity contribution is -0.384. The predicted octanol–water partition coefficient (Wildman–Crippen LogP) is 1.50. The Morgan fingerprint density at radius 2 is 2.00 bits per heavy atom. The first-order chi connectivity index (χ1) is 9.59. The number of nitrogens with two attached hydrogens (primary N) is 1. The van der Waals surface area contributed by atoms with E-state index in [2.05, 4.69) is 10.3 Å². The van der Waals surface area contributed by atoms with Gasteiger partial charge < -0.3 is 11.1 Å². The molecule has 0 aliphatic rings. The van der Waals surface area contributed by atoms with Gasteiger partial charge in [-0.15, -0.1) is 0 Å². The average molecular weight is 272 g/mol. The summed E-state index contributed by atoms with van der Waals surface area (Å²) in [5, 5.41) is 13.6. The molecule has 0 saturated carbocycles. The maximum absolute atomic E-state index is 12.0. The lowest BCUT2D eigenvalue weighted by Gasteiger charge is -2.07. The molecule has 3 N–H and O–H groups in total. The second kappa shape index (κ2) is 5.79. The zero-order valence-electron chi connectivity index (χ0n) is 10.4. The number of aromatic nitrogens is 1. The molecule has 0 spiro atoms. The van der Waals surface area contributed by atoms with Crippen LogP contribution in [0.1, 0.15) is 15.9 Å². The molecular weight excluding hydrogens is 260 g/mol. The van der Waals surface area contributed by atoms with E-state index in [4.69, 9.17) is 5.73 Å². The number of amides is 1. The summed E-state index contributed by atoms with van der Waals surface area (Å²) in [4.78, 5) is 26.2. The summed E-state index contributed by atoms with van der Waals surface area (Å²) in [6.07, 6.45) is 3.20. The Morgan fingerprint density at radius 3 is 2.65 bits per heavy atom. The highest BCUT2D eigenvalue weighted by molar-refractivity contribution is 6.00. The van der Waals surface area contributed by atoms with Crippen molar-refractivity contribution in [3.05, 3.63) is 64.0 Å². The Morgan fingerprint density at radius 1 is 1.30 bits per heavy atom. The molecule has 7 heteroatoms. The van der Waals surface area contributed by atoms with Gasteiger partial charge in [0.15, 0.2) is 0 Å². The van der Waals surface area contributed by atoms with E-state index < -0.39 is 10.8 Å². The summed E-state index contributed by atoms with van der Waals surface area (Å²) in [5.41, 5.74) is 5.92. The summed E-state index contributed by atoms with van der Waals surface area (Å²) >= 11 is 0. The van der Waals surface area contributed by atoms with Crippen LogP contribution >= 0.6 is 0 Å². The number of hydrogen-bond acceptors (Lipinski definition) is 5. The van der Waals surface area contributed by atoms with Crippen molar-refractivity contribution < 1.29 is 9.72 Å². The molecule has 7 nitrogen and oxygen atoms in total. The molecule has 0 atom stereocenters. The van der Waals surface area contributed by atoms with E-state index in [0.29, 0.717) is 0 Å². The standard InChI is InChI=1S/C13H12N4O3/c14-11-3-1-2-10(12(11)17(19)20)13(18)16-8-9-4-6-15-7-5-9/h1-7H,8,14H2,(H,16,18). The number of nitrogens with zero attached hydrogens (tertiary/aromatic N) is 2. The molecule has 0 radical (unpaired) electrons. The van der Waals surface area contributed by atoms with E-state index in [-0.39, 0.29) is 23.5 Å². The van der Waals surface area contributed by atoms with Gasteiger partial charge in [0.25, 0.3) is 5.91 Å². The first-order valence-electron chi connectivity index (χ1n) is 5.79. The van der Waals surface area contributed by atoms with Crippen LogP contribution in [0, 0.1) is 10.1 Å². The number of nitro benzene ring substituents is 1. The number of carbonyl (C=O) groups excluding carboxylic acids is 1. The summed E-state index contributed by atoms with van der Waals surface area (Å²) in [7, 11) is 0. The van der Waals surface area contributed by atoms with Crippen LogP contribution in [0.5, 0.6) is 0 Å². The van der Waals surface area contributed by atoms with Crippen LogP contribution in [0.25, 0.3) is 0 Å². The molecule has 102 valence electrons. The lowest BCUT2D eigenvalue weighted by atomic mass is 10.1. The van der Waals surface area contributed by atoms with Crippen LogP contribution in [-0.2, 0) is 6.54 Å². The SMILES string of the molecule is Nc1cccc(C(=O)NCc2ccncc2)c1[N+](=O)[O-]. The summed E-state index contributed by atoms with van der Waals surface area (Å²) in [6, 6.07) is 7.75. The molecule has 0 bridgehead atoms. The zero-order chi connectivity index (χ0) is 14.5. The second-order valence-corrected chi connectivity index (χ2v) is 4.04. The van der Waals surface area contributed by atoms with Crippen LogP contribution in [-0.4, -0.2) is 15.8 Å². The number of nitrogens with one attached hydrogen (secondary N) is 1. The molecule has 0 fully saturated rings. The number of carbonyl (C=O) groups is 1. The molecule has 2 rings (SSSR count). The van der Waals surface area contributed by atoms with Crippen LogP contribution in [0.15, 0.2) is 42.7 Å². The van der Waals surface area contributed by atoms with Crippen LogP contribution in [0.4, 0.5) is 11.4 Å². The second-order valence-electron chi connectivity index (χ2n) is 4.04. The quantitative estimate of drug-likeness (QED) is 0.497. The Hall–Kier alpha value is -2.96. The topological polar surface area (TPSA) is 111 Å². The normalized spacial score (nSPS) is 10.0. The third kappa shape index (κ3) is 2.89. The molecule has 0 unspecified atom stereocenters. The number of rotatable bonds is 4. The van der Waals surface area contributed by atoms with Crippen molar-refractivity contribution in [2.24, 2.45) is 0 Å². The van der Waals surface area contributed by atoms with Crippen molar-refractivity contribution in [2.45, 2.75) is 6.54 Å². The van der Waals surface area contributed by atoms with Gasteiger partial charge in [0, 0.05) is 18.9 Å². The number of hydrogen-bond donors (Lipinski definition) is 2. The minimum atomic E-state index is -0.656. The van der Waals surface area contributed by atoms with Crippen molar-refractivity contribution in [3.8, 4) is 0 Å². The minimum absolute atomic E-state index is 0.0356. The Labute approximate surface area is 114 Å². The number of nitrogen functional groups attached to an aromatic ring is 1. The third-order valence-electron chi connectivity index (χ3n) is 2.70. The van der Waals surface area contributed by atoms with Gasteiger partial charge in [-0.2, -0.15) is 0 Å². The van der Waals surface area contributed by atoms with E-state index in [0.717, 1.165) is 5.56 Å². The van der Waals surface area contributed by atoms with Gasteiger partial charge in [-0.25, -0.2) is 0 Å². The fraction of sp³-hybridized carbons (Fsp3) is 0.0769. The van der Waals surface area contributed by atoms with Gasteiger partial charge in [0.2, 0.25) is 0 Å². The molecule has 20 heavy (non-hydrogen) atoms. The number of anilines is 1. The lowest BCUT2D eigenvalue weighted by Crippen LogP contribution is -2.24. The average Bonchev–Trinajstić information content (AvgIpc) is 2.45. The molecule has 1 aromatic carbocycles. The number of benzene rings is 1. The Bertz CT molecular complexity index is 643. The van der Waals surface area contributed by atoms with E-state index >= 15 is 0 Å². The fourth-order valence-corrected chi connectivity index (χ4v) is 1.73. The first-order valence-corrected chi connectivity index (χ1v) is 5.79. The Balaban J connectivity index is 2.18. The third-order valence-corrected chi connectivity index (χ3v) is 2.70. The van der Waals surface area contributed by atoms with Crippen molar-refractivity contribution in [1.29, 1.82) is 0 Å². The van der Waals surface area contributed by atoms with Gasteiger partial charge in [0.05, 0.1) is 4.92 Å². The van der Waals surface area contributed by atoms with E-state index in [1.165, 1.54) is 18.2 Å². The van der Waals surface area contributed by atoms with E-state index in [9.17, 15) is 14.9 Å².